The summed E-state index contributed by atoms with van der Waals surface area (Å²) in [6, 6.07) is 18.9. The highest BCUT2D eigenvalue weighted by atomic mass is 35.5. The van der Waals surface area contributed by atoms with Gasteiger partial charge in [-0.1, -0.05) is 65.7 Å². The van der Waals surface area contributed by atoms with E-state index < -0.39 is 23.6 Å². The Kier molecular flexibility index (Phi) is 6.63. The molecule has 0 saturated carbocycles. The lowest BCUT2D eigenvalue weighted by Crippen LogP contribution is -2.16. The Bertz CT molecular complexity index is 1950. The molecule has 0 aliphatic heterocycles. The molecule has 1 amide bonds. The molecule has 3 aromatic heterocycles. The highest BCUT2D eigenvalue weighted by Crippen LogP contribution is 2.33. The van der Waals surface area contributed by atoms with Crippen molar-refractivity contribution in [3.63, 3.8) is 0 Å². The van der Waals surface area contributed by atoms with Gasteiger partial charge in [0, 0.05) is 28.4 Å². The summed E-state index contributed by atoms with van der Waals surface area (Å²) in [6.07, 6.45) is -3.44. The number of benzene rings is 3. The zero-order valence-corrected chi connectivity index (χ0v) is 22.1. The number of aromatic nitrogens is 5. The quantitative estimate of drug-likeness (QED) is 0.208. The molecule has 1 N–H and O–H groups in total. The molecule has 0 aliphatic carbocycles. The van der Waals surface area contributed by atoms with Crippen molar-refractivity contribution < 1.29 is 22.4 Å². The molecule has 0 unspecified atom stereocenters. The number of carbonyl (C=O) groups excluding carboxylic acids is 1. The zero-order valence-electron chi connectivity index (χ0n) is 20.6. The summed E-state index contributed by atoms with van der Waals surface area (Å²) >= 11 is 12.3. The molecule has 206 valence electrons. The van der Waals surface area contributed by atoms with Gasteiger partial charge in [0.15, 0.2) is 22.9 Å². The van der Waals surface area contributed by atoms with Gasteiger partial charge in [-0.15, -0.1) is 0 Å². The maximum absolute atomic E-state index is 14.2. The first-order valence-electron chi connectivity index (χ1n) is 12.0. The summed E-state index contributed by atoms with van der Waals surface area (Å²) in [5.74, 6) is -1.51. The Morgan fingerprint density at radius 3 is 2.44 bits per heavy atom. The van der Waals surface area contributed by atoms with Crippen molar-refractivity contribution in [1.82, 2.24) is 24.4 Å². The molecule has 13 heteroatoms. The van der Waals surface area contributed by atoms with Gasteiger partial charge in [0.05, 0.1) is 12.2 Å². The van der Waals surface area contributed by atoms with Crippen molar-refractivity contribution in [3.05, 3.63) is 112 Å². The number of anilines is 1. The zero-order chi connectivity index (χ0) is 28.9. The standard InChI is InChI=1S/C28H16Cl2F4N6O/c29-19-6-3-7-21(31)18(19)13-39-14-20(30)26(38-39)36-27(41)23-12-25-35-22(11-24(28(32,33)34)40(25)37-23)17-9-8-15-4-1-2-5-16(15)10-17/h1-12,14H,13H2,(H,36,38,41). The SMILES string of the molecule is O=C(Nc1nn(Cc2c(F)cccc2Cl)cc1Cl)c1cc2nc(-c3ccc4ccccc4c3)cc(C(F)(F)F)n2n1. The largest absolute Gasteiger partial charge is 0.433 e. The Labute approximate surface area is 238 Å². The Hall–Kier alpha value is -4.48. The average molecular weight is 599 g/mol. The van der Waals surface area contributed by atoms with Gasteiger partial charge in [0.25, 0.3) is 5.91 Å². The van der Waals surface area contributed by atoms with E-state index in [1.54, 1.807) is 18.2 Å². The minimum absolute atomic E-state index is 0.0160. The maximum atomic E-state index is 14.2. The summed E-state index contributed by atoms with van der Waals surface area (Å²) in [4.78, 5) is 17.3. The summed E-state index contributed by atoms with van der Waals surface area (Å²) in [5, 5.41) is 12.4. The second kappa shape index (κ2) is 10.2. The predicted octanol–water partition coefficient (Wildman–Crippen LogP) is 7.51. The van der Waals surface area contributed by atoms with E-state index in [1.165, 1.54) is 29.1 Å². The van der Waals surface area contributed by atoms with Crippen LogP contribution in [0.3, 0.4) is 0 Å². The third kappa shape index (κ3) is 5.21. The smallest absolute Gasteiger partial charge is 0.302 e. The molecule has 6 aromatic rings. The van der Waals surface area contributed by atoms with Crippen molar-refractivity contribution >= 4 is 51.3 Å². The van der Waals surface area contributed by atoms with E-state index in [4.69, 9.17) is 23.2 Å². The second-order valence-corrected chi connectivity index (χ2v) is 9.88. The number of alkyl halides is 3. The molecule has 0 spiro atoms. The van der Waals surface area contributed by atoms with Gasteiger partial charge in [0.2, 0.25) is 0 Å². The lowest BCUT2D eigenvalue weighted by atomic mass is 10.0. The van der Waals surface area contributed by atoms with Gasteiger partial charge in [-0.05, 0) is 35.0 Å². The molecule has 0 aliphatic rings. The van der Waals surface area contributed by atoms with Gasteiger partial charge in [-0.25, -0.2) is 13.9 Å². The van der Waals surface area contributed by atoms with Crippen LogP contribution in [0, 0.1) is 5.82 Å². The molecule has 0 fully saturated rings. The van der Waals surface area contributed by atoms with Crippen LogP contribution >= 0.6 is 23.2 Å². The van der Waals surface area contributed by atoms with Gasteiger partial charge in [-0.3, -0.25) is 9.48 Å². The molecule has 41 heavy (non-hydrogen) atoms. The number of rotatable bonds is 5. The lowest BCUT2D eigenvalue weighted by Gasteiger charge is -2.11. The van der Waals surface area contributed by atoms with Crippen LogP contribution in [0.15, 0.2) is 79.0 Å². The fourth-order valence-corrected chi connectivity index (χ4v) is 4.78. The van der Waals surface area contributed by atoms with Crippen molar-refractivity contribution in [1.29, 1.82) is 0 Å². The number of nitrogens with zero attached hydrogens (tertiary/aromatic N) is 5. The molecule has 3 aromatic carbocycles. The number of nitrogens with one attached hydrogen (secondary N) is 1. The van der Waals surface area contributed by atoms with Crippen molar-refractivity contribution in [2.24, 2.45) is 0 Å². The molecule has 6 rings (SSSR count). The Balaban J connectivity index is 1.33. The molecular formula is C28H16Cl2F4N6O. The minimum Gasteiger partial charge on any atom is -0.302 e. The predicted molar refractivity (Wildman–Crippen MR) is 147 cm³/mol. The fraction of sp³-hybridized carbons (Fsp3) is 0.0714. The van der Waals surface area contributed by atoms with Crippen LogP contribution in [0.1, 0.15) is 21.7 Å². The molecule has 3 heterocycles. The monoisotopic (exact) mass is 598 g/mol. The minimum atomic E-state index is -4.79. The number of hydrogen-bond donors (Lipinski definition) is 1. The molecule has 7 nitrogen and oxygen atoms in total. The first kappa shape index (κ1) is 26.7. The Morgan fingerprint density at radius 2 is 1.68 bits per heavy atom. The molecule has 0 bridgehead atoms. The van der Waals surface area contributed by atoms with Crippen LogP contribution in [0.2, 0.25) is 10.0 Å². The summed E-state index contributed by atoms with van der Waals surface area (Å²) in [5.41, 5.74) is -0.930. The first-order chi connectivity index (χ1) is 19.6. The third-order valence-corrected chi connectivity index (χ3v) is 6.96. The van der Waals surface area contributed by atoms with E-state index >= 15 is 0 Å². The van der Waals surface area contributed by atoms with E-state index in [0.717, 1.165) is 22.9 Å². The number of hydrogen-bond acceptors (Lipinski definition) is 4. The highest BCUT2D eigenvalue weighted by molar-refractivity contribution is 6.33. The molecule has 0 saturated heterocycles. The first-order valence-corrected chi connectivity index (χ1v) is 12.8. The topological polar surface area (TPSA) is 77.1 Å². The summed E-state index contributed by atoms with van der Waals surface area (Å²) in [6.45, 7) is -0.0775. The molecule has 0 radical (unpaired) electrons. The maximum Gasteiger partial charge on any atom is 0.433 e. The van der Waals surface area contributed by atoms with Crippen molar-refractivity contribution in [2.45, 2.75) is 12.7 Å². The van der Waals surface area contributed by atoms with Gasteiger partial charge >= 0.3 is 6.18 Å². The number of halogens is 6. The fourth-order valence-electron chi connectivity index (χ4n) is 4.36. The van der Waals surface area contributed by atoms with Crippen LogP contribution in [-0.2, 0) is 12.7 Å². The van der Waals surface area contributed by atoms with E-state index in [9.17, 15) is 22.4 Å². The van der Waals surface area contributed by atoms with E-state index in [2.05, 4.69) is 20.5 Å². The van der Waals surface area contributed by atoms with Gasteiger partial charge in [0.1, 0.15) is 10.8 Å². The molecule has 0 atom stereocenters. The second-order valence-electron chi connectivity index (χ2n) is 9.06. The van der Waals surface area contributed by atoms with Crippen LogP contribution in [0.5, 0.6) is 0 Å². The van der Waals surface area contributed by atoms with E-state index in [0.29, 0.717) is 10.1 Å². The lowest BCUT2D eigenvalue weighted by molar-refractivity contribution is -0.142. The highest BCUT2D eigenvalue weighted by Gasteiger charge is 2.36. The average Bonchev–Trinajstić information content (AvgIpc) is 3.52. The number of carbonyl (C=O) groups is 1. The summed E-state index contributed by atoms with van der Waals surface area (Å²) < 4.78 is 58.2. The van der Waals surface area contributed by atoms with Crippen molar-refractivity contribution in [3.8, 4) is 11.3 Å². The van der Waals surface area contributed by atoms with Crippen molar-refractivity contribution in [2.75, 3.05) is 5.32 Å². The van der Waals surface area contributed by atoms with Crippen LogP contribution in [0.25, 0.3) is 27.7 Å². The van der Waals surface area contributed by atoms with E-state index in [1.807, 2.05) is 24.3 Å². The van der Waals surface area contributed by atoms with Gasteiger partial charge in [-0.2, -0.15) is 23.4 Å². The van der Waals surface area contributed by atoms with Gasteiger partial charge < -0.3 is 5.32 Å². The third-order valence-electron chi connectivity index (χ3n) is 6.33. The number of fused-ring (bicyclic) bond motifs is 2. The number of amides is 1. The molecular weight excluding hydrogens is 583 g/mol. The summed E-state index contributed by atoms with van der Waals surface area (Å²) in [7, 11) is 0. The van der Waals surface area contributed by atoms with Crippen LogP contribution in [-0.4, -0.2) is 30.3 Å². The Morgan fingerprint density at radius 1 is 0.902 bits per heavy atom. The van der Waals surface area contributed by atoms with Crippen LogP contribution in [0.4, 0.5) is 23.4 Å². The van der Waals surface area contributed by atoms with Crippen LogP contribution < -0.4 is 5.32 Å². The normalized spacial score (nSPS) is 11.9. The van der Waals surface area contributed by atoms with E-state index in [-0.39, 0.29) is 45.0 Å².